The highest BCUT2D eigenvalue weighted by molar-refractivity contribution is 6.31. The van der Waals surface area contributed by atoms with E-state index in [1.165, 1.54) is 11.3 Å². The molecule has 1 aromatic rings. The fourth-order valence-corrected chi connectivity index (χ4v) is 4.31. The molecular formula is C33H40Cl2N2O6. The Balaban J connectivity index is 0.000000630. The van der Waals surface area contributed by atoms with Crippen LogP contribution in [0.4, 0.5) is 4.79 Å². The lowest BCUT2D eigenvalue weighted by Crippen LogP contribution is -2.39. The summed E-state index contributed by atoms with van der Waals surface area (Å²) in [7, 11) is 1.61. The number of likely N-dealkylation sites (N-methyl/N-ethyl adjacent to an activating group) is 1. The van der Waals surface area contributed by atoms with Crippen LogP contribution in [0.2, 0.25) is 5.02 Å². The van der Waals surface area contributed by atoms with Crippen molar-refractivity contribution in [3.8, 4) is 0 Å². The summed E-state index contributed by atoms with van der Waals surface area (Å²) in [5, 5.41) is 1.12. The normalized spacial score (nSPS) is 16.2. The van der Waals surface area contributed by atoms with E-state index in [9.17, 15) is 19.2 Å². The molecule has 232 valence electrons. The van der Waals surface area contributed by atoms with Crippen molar-refractivity contribution < 1.29 is 28.7 Å². The number of halogens is 2. The van der Waals surface area contributed by atoms with Gasteiger partial charge in [0.2, 0.25) is 0 Å². The lowest BCUT2D eigenvalue weighted by atomic mass is 10.0. The Morgan fingerprint density at radius 2 is 1.58 bits per heavy atom. The van der Waals surface area contributed by atoms with E-state index in [0.717, 1.165) is 4.90 Å². The van der Waals surface area contributed by atoms with Gasteiger partial charge >= 0.3 is 6.09 Å². The molecule has 1 aliphatic carbocycles. The molecule has 0 radical (unpaired) electrons. The van der Waals surface area contributed by atoms with Crippen LogP contribution in [0.25, 0.3) is 5.70 Å². The average molecular weight is 632 g/mol. The quantitative estimate of drug-likeness (QED) is 0.296. The predicted molar refractivity (Wildman–Crippen MR) is 170 cm³/mol. The molecule has 43 heavy (non-hydrogen) atoms. The Kier molecular flexibility index (Phi) is 13.0. The van der Waals surface area contributed by atoms with Gasteiger partial charge in [-0.05, 0) is 63.5 Å². The van der Waals surface area contributed by atoms with Gasteiger partial charge < -0.3 is 14.4 Å². The van der Waals surface area contributed by atoms with Gasteiger partial charge in [0.15, 0.2) is 0 Å². The second kappa shape index (κ2) is 15.7. The lowest BCUT2D eigenvalue weighted by molar-refractivity contribution is -0.132. The SMILES string of the molecule is CC(C)OC=O.CCC.CCC(C)(C)OC(=O)N1C(=O)C2=C(C3=CC=C(Cl)CC=C3)N(C)C(=O)C2=C1c1ccc(Cl)cc1. The number of amides is 3. The van der Waals surface area contributed by atoms with Gasteiger partial charge in [0.05, 0.1) is 28.6 Å². The number of carbonyl (C=O) groups excluding carboxylic acids is 4. The van der Waals surface area contributed by atoms with Crippen molar-refractivity contribution in [3.63, 3.8) is 0 Å². The highest BCUT2D eigenvalue weighted by Gasteiger charge is 2.51. The van der Waals surface area contributed by atoms with E-state index < -0.39 is 17.6 Å². The first-order valence-corrected chi connectivity index (χ1v) is 14.9. The molecule has 0 atom stereocenters. The Labute approximate surface area is 264 Å². The van der Waals surface area contributed by atoms with Gasteiger partial charge in [0.25, 0.3) is 18.3 Å². The van der Waals surface area contributed by atoms with Crippen molar-refractivity contribution in [2.75, 3.05) is 7.05 Å². The molecule has 8 nitrogen and oxygen atoms in total. The first kappa shape index (κ1) is 35.6. The van der Waals surface area contributed by atoms with Crippen molar-refractivity contribution in [2.24, 2.45) is 0 Å². The Morgan fingerprint density at radius 3 is 2.09 bits per heavy atom. The Morgan fingerprint density at radius 1 is 1.00 bits per heavy atom. The van der Waals surface area contributed by atoms with Crippen molar-refractivity contribution in [1.82, 2.24) is 9.80 Å². The maximum atomic E-state index is 13.8. The molecule has 0 spiro atoms. The van der Waals surface area contributed by atoms with E-state index in [1.807, 2.05) is 19.1 Å². The summed E-state index contributed by atoms with van der Waals surface area (Å²) < 4.78 is 10.0. The van der Waals surface area contributed by atoms with Crippen LogP contribution in [0.5, 0.6) is 0 Å². The number of fused-ring (bicyclic) bond motifs is 1. The summed E-state index contributed by atoms with van der Waals surface area (Å²) in [6, 6.07) is 6.63. The van der Waals surface area contributed by atoms with E-state index in [4.69, 9.17) is 27.9 Å². The van der Waals surface area contributed by atoms with Crippen LogP contribution in [0.15, 0.2) is 76.0 Å². The van der Waals surface area contributed by atoms with E-state index in [1.54, 1.807) is 71.2 Å². The van der Waals surface area contributed by atoms with Gasteiger partial charge in [0, 0.05) is 23.5 Å². The van der Waals surface area contributed by atoms with Crippen molar-refractivity contribution in [1.29, 1.82) is 0 Å². The van der Waals surface area contributed by atoms with Crippen LogP contribution in [0, 0.1) is 0 Å². The average Bonchev–Trinajstić information content (AvgIpc) is 3.25. The van der Waals surface area contributed by atoms with E-state index in [-0.39, 0.29) is 28.9 Å². The molecule has 1 aromatic carbocycles. The lowest BCUT2D eigenvalue weighted by Gasteiger charge is -2.28. The summed E-state index contributed by atoms with van der Waals surface area (Å²) >= 11 is 12.2. The maximum absolute atomic E-state index is 13.8. The molecule has 2 heterocycles. The van der Waals surface area contributed by atoms with Gasteiger partial charge in [-0.2, -0.15) is 0 Å². The van der Waals surface area contributed by atoms with Gasteiger partial charge in [-0.3, -0.25) is 14.4 Å². The molecule has 0 saturated carbocycles. The molecule has 2 aliphatic heterocycles. The number of hydrogen-bond acceptors (Lipinski definition) is 6. The van der Waals surface area contributed by atoms with Crippen LogP contribution >= 0.6 is 23.2 Å². The maximum Gasteiger partial charge on any atom is 0.422 e. The fraction of sp³-hybridized carbons (Fsp3) is 0.394. The summed E-state index contributed by atoms with van der Waals surface area (Å²) in [4.78, 5) is 52.3. The first-order chi connectivity index (χ1) is 20.2. The summed E-state index contributed by atoms with van der Waals surface area (Å²) in [6.07, 6.45) is 8.71. The molecule has 0 aromatic heterocycles. The molecule has 3 aliphatic rings. The summed E-state index contributed by atoms with van der Waals surface area (Å²) in [5.41, 5.74) is 1.27. The number of hydrogen-bond donors (Lipinski definition) is 0. The van der Waals surface area contributed by atoms with Crippen LogP contribution in [-0.2, 0) is 23.9 Å². The molecule has 10 heteroatoms. The van der Waals surface area contributed by atoms with Crippen LogP contribution in [0.1, 0.15) is 73.3 Å². The summed E-state index contributed by atoms with van der Waals surface area (Å²) in [5.74, 6) is -1.000. The zero-order valence-corrected chi connectivity index (χ0v) is 27.5. The number of rotatable bonds is 6. The second-order valence-electron chi connectivity index (χ2n) is 10.8. The molecular weight excluding hydrogens is 591 g/mol. The van der Waals surface area contributed by atoms with Gasteiger partial charge in [-0.25, -0.2) is 9.69 Å². The van der Waals surface area contributed by atoms with Crippen molar-refractivity contribution in [2.45, 2.75) is 79.4 Å². The highest BCUT2D eigenvalue weighted by Crippen LogP contribution is 2.46. The third-order valence-electron chi connectivity index (χ3n) is 6.39. The Bertz CT molecular complexity index is 1380. The molecule has 0 saturated heterocycles. The number of allylic oxidation sites excluding steroid dienone is 5. The second-order valence-corrected chi connectivity index (χ2v) is 11.7. The smallest absolute Gasteiger partial charge is 0.422 e. The molecule has 0 N–H and O–H groups in total. The van der Waals surface area contributed by atoms with Gasteiger partial charge in [-0.15, -0.1) is 0 Å². The topological polar surface area (TPSA) is 93.2 Å². The first-order valence-electron chi connectivity index (χ1n) is 14.2. The van der Waals surface area contributed by atoms with E-state index >= 15 is 0 Å². The van der Waals surface area contributed by atoms with Crippen molar-refractivity contribution in [3.05, 3.63) is 86.6 Å². The molecule has 3 amide bonds. The van der Waals surface area contributed by atoms with Crippen LogP contribution < -0.4 is 0 Å². The van der Waals surface area contributed by atoms with E-state index in [2.05, 4.69) is 18.6 Å². The van der Waals surface area contributed by atoms with Crippen LogP contribution in [-0.4, -0.2) is 52.9 Å². The standard InChI is InChI=1S/C26H24Cl2N2O4.C4H8O2.C3H8/c1-5-26(2,3)34-25(33)30-22(16-10-13-18(28)14-11-16)20-19(24(30)32)21(29(4)23(20)31)15-7-6-8-17(27)12-9-15;1-4(2)6-3-5;1-3-2/h6-7,9-14H,5,8H2,1-4H3;3-4H,1-2H3;3H2,1-2H3. The highest BCUT2D eigenvalue weighted by atomic mass is 35.5. The third kappa shape index (κ3) is 8.71. The fourth-order valence-electron chi connectivity index (χ4n) is 4.03. The molecule has 4 rings (SSSR count). The zero-order valence-electron chi connectivity index (χ0n) is 26.0. The minimum absolute atomic E-state index is 0.0301. The number of imide groups is 1. The van der Waals surface area contributed by atoms with Gasteiger partial charge in [-0.1, -0.05) is 80.8 Å². The third-order valence-corrected chi connectivity index (χ3v) is 6.92. The minimum atomic E-state index is -0.834. The molecule has 0 fully saturated rings. The van der Waals surface area contributed by atoms with Crippen molar-refractivity contribution >= 4 is 53.3 Å². The van der Waals surface area contributed by atoms with Gasteiger partial charge in [0.1, 0.15) is 5.60 Å². The molecule has 0 unspecified atom stereocenters. The number of ether oxygens (including phenoxy) is 2. The largest absolute Gasteiger partial charge is 0.465 e. The van der Waals surface area contributed by atoms with Crippen LogP contribution in [0.3, 0.4) is 0 Å². The van der Waals surface area contributed by atoms with E-state index in [0.29, 0.717) is 46.2 Å². The number of benzene rings is 1. The monoisotopic (exact) mass is 630 g/mol. The zero-order chi connectivity index (χ0) is 32.5. The minimum Gasteiger partial charge on any atom is -0.465 e. The Hall–Kier alpha value is -3.62. The molecule has 0 bridgehead atoms. The number of nitrogens with zero attached hydrogens (tertiary/aromatic N) is 2. The number of carbonyl (C=O) groups is 4. The summed E-state index contributed by atoms with van der Waals surface area (Å²) in [6.45, 7) is 13.7. The predicted octanol–water partition coefficient (Wildman–Crippen LogP) is 7.94.